The van der Waals surface area contributed by atoms with Crippen LogP contribution in [0.3, 0.4) is 0 Å². The normalized spacial score (nSPS) is 34.0. The van der Waals surface area contributed by atoms with E-state index in [1.807, 2.05) is 0 Å². The van der Waals surface area contributed by atoms with Crippen molar-refractivity contribution >= 4 is 5.69 Å². The SMILES string of the molecule is O=[N+]([O-])c1ccccc1O[C@@H]1O[C@H](O)C(O[C@@H]2O[C@H](O)[C@@H](O)[C@H](O)[C@H]2O)[C@H](O)[C@H]1O.[Ac].[Ac].[Ac].[Ac].[Ac].[Ac].[Ac]. The summed E-state index contributed by atoms with van der Waals surface area (Å²) in [5.74, 6) is -0.295. The predicted molar refractivity (Wildman–Crippen MR) is 90.4 cm³/mol. The van der Waals surface area contributed by atoms with E-state index in [1.165, 1.54) is 18.2 Å². The number of aliphatic hydroxyl groups is 7. The molecule has 7 radical (unpaired) electrons. The Morgan fingerprint density at radius 3 is 1.70 bits per heavy atom. The number of hydrogen-bond donors (Lipinski definition) is 7. The van der Waals surface area contributed by atoms with Crippen LogP contribution in [0.2, 0.25) is 0 Å². The van der Waals surface area contributed by atoms with Crippen LogP contribution in [0.25, 0.3) is 0 Å². The third-order valence-corrected chi connectivity index (χ3v) is 4.66. The zero-order valence-electron chi connectivity index (χ0n) is 19.2. The number of benzene rings is 1. The third kappa shape index (κ3) is 15.5. The summed E-state index contributed by atoms with van der Waals surface area (Å²) in [5, 5.41) is 80.3. The fourth-order valence-electron chi connectivity index (χ4n) is 2.99. The molecule has 189 valence electrons. The number of aliphatic hydroxyl groups excluding tert-OH is 7. The summed E-state index contributed by atoms with van der Waals surface area (Å²) in [6.07, 6.45) is -18.6. The number of nitrogens with zero attached hydrogens (tertiary/aromatic N) is 1. The largest absolute Gasteiger partial charge is 0.455 e. The van der Waals surface area contributed by atoms with Crippen LogP contribution in [0.4, 0.5) is 5.69 Å². The Morgan fingerprint density at radius 2 is 1.16 bits per heavy atom. The number of ether oxygens (including phenoxy) is 4. The molecule has 0 aliphatic carbocycles. The summed E-state index contributed by atoms with van der Waals surface area (Å²) in [4.78, 5) is 10.3. The summed E-state index contributed by atoms with van der Waals surface area (Å²) in [6, 6.07) is 5.15. The minimum atomic E-state index is -1.98. The van der Waals surface area contributed by atoms with Crippen molar-refractivity contribution in [1.29, 1.82) is 0 Å². The molecule has 0 saturated carbocycles. The average molecular weight is 2020 g/mol. The van der Waals surface area contributed by atoms with E-state index in [0.29, 0.717) is 0 Å². The molecule has 37 heavy (non-hydrogen) atoms. The number of nitro benzene ring substituents is 1. The van der Waals surface area contributed by atoms with Crippen molar-refractivity contribution in [1.82, 2.24) is 0 Å². The van der Waals surface area contributed by atoms with Crippen molar-refractivity contribution in [2.45, 2.75) is 61.8 Å². The molecule has 0 aromatic heterocycles. The van der Waals surface area contributed by atoms with Gasteiger partial charge in [-0.3, -0.25) is 10.1 Å². The van der Waals surface area contributed by atoms with E-state index >= 15 is 0 Å². The van der Waals surface area contributed by atoms with E-state index < -0.39 is 72.4 Å². The molecule has 2 saturated heterocycles. The number of para-hydroxylation sites is 2. The maximum absolute atomic E-state index is 11.1. The van der Waals surface area contributed by atoms with Crippen LogP contribution in [0.1, 0.15) is 0 Å². The molecule has 1 unspecified atom stereocenters. The van der Waals surface area contributed by atoms with Crippen LogP contribution in [0.5, 0.6) is 5.75 Å². The molecule has 21 heteroatoms. The van der Waals surface area contributed by atoms with Gasteiger partial charge in [0.15, 0.2) is 24.6 Å². The summed E-state index contributed by atoms with van der Waals surface area (Å²) in [5.41, 5.74) is -0.448. The zero-order chi connectivity index (χ0) is 22.2. The zero-order valence-corrected chi connectivity index (χ0v) is 52.4. The average Bonchev–Trinajstić information content (AvgIpc) is 2.71. The van der Waals surface area contributed by atoms with E-state index in [9.17, 15) is 45.9 Å². The molecule has 2 aliphatic heterocycles. The van der Waals surface area contributed by atoms with Gasteiger partial charge in [0.1, 0.15) is 36.6 Å². The maximum atomic E-state index is 11.1. The van der Waals surface area contributed by atoms with Gasteiger partial charge >= 0.3 is 5.69 Å². The quantitative estimate of drug-likeness (QED) is 0.113. The Morgan fingerprint density at radius 1 is 0.676 bits per heavy atom. The summed E-state index contributed by atoms with van der Waals surface area (Å²) in [6.45, 7) is 0. The van der Waals surface area contributed by atoms with Crippen LogP contribution >= 0.6 is 0 Å². The molecular formula is C16H21Ac7NO13. The molecule has 10 atom stereocenters. The Balaban J connectivity index is -0.000000488. The van der Waals surface area contributed by atoms with Crippen molar-refractivity contribution in [3.63, 3.8) is 0 Å². The van der Waals surface area contributed by atoms with Gasteiger partial charge in [-0.25, -0.2) is 0 Å². The smallest absolute Gasteiger partial charge is 0.311 e. The fourth-order valence-corrected chi connectivity index (χ4v) is 2.99. The molecule has 0 bridgehead atoms. The maximum Gasteiger partial charge on any atom is 0.311 e. The van der Waals surface area contributed by atoms with Crippen molar-refractivity contribution in [2.75, 3.05) is 0 Å². The first-order valence-corrected chi connectivity index (χ1v) is 8.74. The van der Waals surface area contributed by atoms with E-state index in [-0.39, 0.29) is 314 Å². The summed E-state index contributed by atoms with van der Waals surface area (Å²) in [7, 11) is 0. The van der Waals surface area contributed by atoms with Gasteiger partial charge in [-0.05, 0) is 6.07 Å². The third-order valence-electron chi connectivity index (χ3n) is 4.66. The predicted octanol–water partition coefficient (Wildman–Crippen LogP) is -3.49. The fraction of sp³-hybridized carbons (Fsp3) is 0.625. The van der Waals surface area contributed by atoms with Crippen LogP contribution in [0.15, 0.2) is 24.3 Å². The molecular weight excluding hydrogens is 2000 g/mol. The molecule has 2 fully saturated rings. The first-order chi connectivity index (χ1) is 14.1. The van der Waals surface area contributed by atoms with Crippen molar-refractivity contribution in [2.24, 2.45) is 0 Å². The second-order valence-electron chi connectivity index (χ2n) is 6.69. The topological polar surface area (TPSA) is 222 Å². The number of hydrogen-bond acceptors (Lipinski definition) is 13. The monoisotopic (exact) mass is 2020 g/mol. The van der Waals surface area contributed by atoms with Gasteiger partial charge in [0, 0.05) is 315 Å². The molecule has 14 nitrogen and oxygen atoms in total. The molecule has 1 aromatic carbocycles. The Hall–Kier alpha value is 8.11. The van der Waals surface area contributed by atoms with Crippen molar-refractivity contribution < 1.29 is 368 Å². The van der Waals surface area contributed by atoms with Crippen LogP contribution in [-0.4, -0.2) is 102 Å². The molecule has 2 aliphatic rings. The summed E-state index contributed by atoms with van der Waals surface area (Å²) < 4.78 is 20.2. The minimum Gasteiger partial charge on any atom is -0.455 e. The van der Waals surface area contributed by atoms with E-state index in [1.54, 1.807) is 0 Å². The van der Waals surface area contributed by atoms with Crippen LogP contribution in [0, 0.1) is 319 Å². The number of nitro groups is 1. The molecule has 3 rings (SSSR count). The van der Waals surface area contributed by atoms with E-state index in [0.717, 1.165) is 6.07 Å². The van der Waals surface area contributed by atoms with Gasteiger partial charge in [0.2, 0.25) is 6.29 Å². The van der Waals surface area contributed by atoms with Gasteiger partial charge in [-0.1, -0.05) is 12.1 Å². The van der Waals surface area contributed by atoms with E-state index in [2.05, 4.69) is 0 Å². The molecule has 2 heterocycles. The first-order valence-electron chi connectivity index (χ1n) is 8.74. The Kier molecular flexibility index (Phi) is 39.8. The Labute approximate surface area is 462 Å². The van der Waals surface area contributed by atoms with Crippen molar-refractivity contribution in [3.05, 3.63) is 34.4 Å². The first kappa shape index (κ1) is 54.6. The molecule has 0 amide bonds. The second kappa shape index (κ2) is 27.0. The second-order valence-corrected chi connectivity index (χ2v) is 6.69. The van der Waals surface area contributed by atoms with Gasteiger partial charge in [0.05, 0.1) is 4.92 Å². The van der Waals surface area contributed by atoms with E-state index in [4.69, 9.17) is 18.9 Å². The standard InChI is InChI=1S/C16H21NO13.7Ac/c18-7-9(20)13(23)29-16(10(7)21)28-12-8(19)11(22)15(30-14(12)24)27-6-4-2-1-3-5(6)17(25)26;;;;;;;/h1-4,7-16,18-24H;;;;;;;/t7-,8+,9-,10+,11+,12?,13-,14-,15+,16+;;;;;;;/m0......./s1. The van der Waals surface area contributed by atoms with Crippen molar-refractivity contribution in [3.8, 4) is 5.75 Å². The van der Waals surface area contributed by atoms with Crippen LogP contribution < -0.4 is 4.74 Å². The molecule has 7 N–H and O–H groups in total. The number of rotatable bonds is 5. The van der Waals surface area contributed by atoms with Gasteiger partial charge in [-0.2, -0.15) is 0 Å². The summed E-state index contributed by atoms with van der Waals surface area (Å²) >= 11 is 0. The minimum absolute atomic E-state index is 0. The van der Waals surface area contributed by atoms with Gasteiger partial charge < -0.3 is 54.7 Å². The molecule has 1 aromatic rings. The van der Waals surface area contributed by atoms with Crippen LogP contribution in [-0.2, 0) is 14.2 Å². The van der Waals surface area contributed by atoms with Gasteiger partial charge in [0.25, 0.3) is 0 Å². The van der Waals surface area contributed by atoms with Gasteiger partial charge in [-0.15, -0.1) is 0 Å². The molecule has 0 spiro atoms. The Bertz CT molecular complexity index is 775.